The first-order chi connectivity index (χ1) is 18.3. The number of hydrogen-bond acceptors (Lipinski definition) is 8. The number of anilines is 1. The highest BCUT2D eigenvalue weighted by Gasteiger charge is 2.41. The van der Waals surface area contributed by atoms with E-state index in [4.69, 9.17) is 5.73 Å². The maximum absolute atomic E-state index is 15.0. The third-order valence-corrected chi connectivity index (χ3v) is 7.12. The quantitative estimate of drug-likeness (QED) is 0.297. The number of rotatable bonds is 9. The molecule has 1 aliphatic rings. The topological polar surface area (TPSA) is 139 Å². The van der Waals surface area contributed by atoms with Crippen molar-refractivity contribution in [1.82, 2.24) is 29.2 Å². The Hall–Kier alpha value is -3.87. The number of aliphatic hydroxyl groups is 2. The van der Waals surface area contributed by atoms with E-state index in [0.29, 0.717) is 42.4 Å². The number of likely N-dealkylation sites (tertiary alicyclic amines) is 1. The number of carbonyl (C=O) groups excluding carboxylic acids is 1. The Morgan fingerprint density at radius 1 is 1.29 bits per heavy atom. The van der Waals surface area contributed by atoms with Gasteiger partial charge in [-0.25, -0.2) is 19.0 Å². The summed E-state index contributed by atoms with van der Waals surface area (Å²) in [7, 11) is 0. The summed E-state index contributed by atoms with van der Waals surface area (Å²) >= 11 is 0. The Labute approximate surface area is 218 Å². The van der Waals surface area contributed by atoms with Crippen molar-refractivity contribution in [2.45, 2.75) is 38.1 Å². The van der Waals surface area contributed by atoms with Crippen LogP contribution < -0.4 is 10.6 Å². The van der Waals surface area contributed by atoms with Gasteiger partial charge in [-0.3, -0.25) is 9.69 Å². The Morgan fingerprint density at radius 2 is 2.13 bits per heavy atom. The molecular formula is C26H31FN8O3. The highest BCUT2D eigenvalue weighted by atomic mass is 19.1. The zero-order chi connectivity index (χ0) is 26.9. The number of piperidine rings is 1. The van der Waals surface area contributed by atoms with Gasteiger partial charge in [0.15, 0.2) is 0 Å². The number of β-amino-alcohol motifs (C(OH)–C–C–N with tert-alkyl or cyclic N) is 1. The number of carbonyl (C=O) groups is 1. The number of hydrogen-bond donors (Lipinski definition) is 3. The first kappa shape index (κ1) is 25.8. The van der Waals surface area contributed by atoms with Gasteiger partial charge in [-0.2, -0.15) is 5.10 Å². The van der Waals surface area contributed by atoms with Crippen LogP contribution in [0.3, 0.4) is 0 Å². The number of benzene rings is 1. The van der Waals surface area contributed by atoms with Crippen LogP contribution in [0.15, 0.2) is 55.2 Å². The molecular weight excluding hydrogens is 491 g/mol. The van der Waals surface area contributed by atoms with Gasteiger partial charge in [0.25, 0.3) is 0 Å². The second-order valence-corrected chi connectivity index (χ2v) is 9.69. The van der Waals surface area contributed by atoms with Crippen LogP contribution in [-0.2, 0) is 17.9 Å². The van der Waals surface area contributed by atoms with Gasteiger partial charge in [0.1, 0.15) is 29.2 Å². The van der Waals surface area contributed by atoms with E-state index in [2.05, 4.69) is 15.1 Å². The summed E-state index contributed by atoms with van der Waals surface area (Å²) in [5, 5.41) is 26.9. The molecule has 1 fully saturated rings. The molecule has 4 aromatic rings. The number of nitrogens with zero attached hydrogens (tertiary/aromatic N) is 7. The van der Waals surface area contributed by atoms with Crippen molar-refractivity contribution in [3.05, 3.63) is 66.6 Å². The summed E-state index contributed by atoms with van der Waals surface area (Å²) in [5.74, 6) is -0.161. The number of nitrogens with two attached hydrogens (primary N) is 1. The third-order valence-electron chi connectivity index (χ3n) is 7.12. The van der Waals surface area contributed by atoms with Crippen LogP contribution >= 0.6 is 0 Å². The van der Waals surface area contributed by atoms with E-state index < -0.39 is 17.6 Å². The molecule has 0 unspecified atom stereocenters. The van der Waals surface area contributed by atoms with Gasteiger partial charge in [-0.15, -0.1) is 0 Å². The van der Waals surface area contributed by atoms with Crippen molar-refractivity contribution in [3.8, 4) is 5.69 Å². The number of primary amides is 1. The van der Waals surface area contributed by atoms with Crippen molar-refractivity contribution < 1.29 is 19.4 Å². The van der Waals surface area contributed by atoms with Crippen LogP contribution in [0.5, 0.6) is 0 Å². The summed E-state index contributed by atoms with van der Waals surface area (Å²) in [6.07, 6.45) is 5.86. The maximum atomic E-state index is 15.0. The predicted octanol–water partition coefficient (Wildman–Crippen LogP) is 1.07. The fourth-order valence-electron chi connectivity index (χ4n) is 5.01. The lowest BCUT2D eigenvalue weighted by Gasteiger charge is -2.42. The molecule has 12 heteroatoms. The van der Waals surface area contributed by atoms with Gasteiger partial charge < -0.3 is 25.4 Å². The van der Waals surface area contributed by atoms with Gasteiger partial charge >= 0.3 is 0 Å². The number of aliphatic hydroxyl groups excluding tert-OH is 1. The molecule has 0 radical (unpaired) electrons. The minimum absolute atomic E-state index is 0.0373. The largest absolute Gasteiger partial charge is 0.389 e. The van der Waals surface area contributed by atoms with E-state index in [-0.39, 0.29) is 31.9 Å². The van der Waals surface area contributed by atoms with Crippen LogP contribution in [-0.4, -0.2) is 83.2 Å². The summed E-state index contributed by atoms with van der Waals surface area (Å²) in [4.78, 5) is 23.9. The predicted molar refractivity (Wildman–Crippen MR) is 139 cm³/mol. The van der Waals surface area contributed by atoms with Crippen LogP contribution in [0.25, 0.3) is 16.7 Å². The lowest BCUT2D eigenvalue weighted by Crippen LogP contribution is -2.58. The lowest BCUT2D eigenvalue weighted by atomic mass is 9.88. The number of aromatic nitrogens is 5. The average molecular weight is 523 g/mol. The van der Waals surface area contributed by atoms with Gasteiger partial charge in [-0.05, 0) is 37.6 Å². The van der Waals surface area contributed by atoms with Gasteiger partial charge in [0.05, 0.1) is 30.3 Å². The first-order valence-electron chi connectivity index (χ1n) is 12.5. The van der Waals surface area contributed by atoms with E-state index in [0.717, 1.165) is 5.39 Å². The van der Waals surface area contributed by atoms with E-state index in [9.17, 15) is 15.0 Å². The standard InChI is InChI=1S/C26H31FN8O3/c1-2-33(13-18-4-5-19(12-21(18)27)35-9-3-8-31-35)24-20-6-10-34(25(20)30-17-29-24)16-26(38)7-11-32(14-22(26)36)15-23(28)37/h3-6,8-10,12,17,22,36,38H,2,7,11,13-16H2,1H3,(H2,28,37)/t22-,26-/m0/s1. The fraction of sp³-hybridized carbons (Fsp3) is 0.385. The zero-order valence-electron chi connectivity index (χ0n) is 21.1. The molecule has 200 valence electrons. The lowest BCUT2D eigenvalue weighted by molar-refractivity contribution is -0.135. The van der Waals surface area contributed by atoms with Crippen LogP contribution in [0.4, 0.5) is 10.2 Å². The van der Waals surface area contributed by atoms with Crippen molar-refractivity contribution in [2.24, 2.45) is 5.73 Å². The number of halogens is 1. The molecule has 2 atom stereocenters. The van der Waals surface area contributed by atoms with Crippen LogP contribution in [0.1, 0.15) is 18.9 Å². The van der Waals surface area contributed by atoms with E-state index in [1.54, 1.807) is 44.9 Å². The molecule has 1 saturated heterocycles. The highest BCUT2D eigenvalue weighted by Crippen LogP contribution is 2.30. The van der Waals surface area contributed by atoms with Crippen LogP contribution in [0, 0.1) is 5.82 Å². The van der Waals surface area contributed by atoms with Crippen molar-refractivity contribution in [3.63, 3.8) is 0 Å². The van der Waals surface area contributed by atoms with Gasteiger partial charge in [-0.1, -0.05) is 6.07 Å². The molecule has 4 N–H and O–H groups in total. The average Bonchev–Trinajstić information content (AvgIpc) is 3.56. The molecule has 4 heterocycles. The van der Waals surface area contributed by atoms with Crippen LogP contribution in [0.2, 0.25) is 0 Å². The Bertz CT molecular complexity index is 1430. The summed E-state index contributed by atoms with van der Waals surface area (Å²) < 4.78 is 18.4. The Kier molecular flexibility index (Phi) is 7.11. The van der Waals surface area contributed by atoms with Crippen molar-refractivity contribution in [1.29, 1.82) is 0 Å². The molecule has 38 heavy (non-hydrogen) atoms. The fourth-order valence-corrected chi connectivity index (χ4v) is 5.01. The second-order valence-electron chi connectivity index (χ2n) is 9.69. The summed E-state index contributed by atoms with van der Waals surface area (Å²) in [6, 6.07) is 8.68. The molecule has 1 aliphatic heterocycles. The van der Waals surface area contributed by atoms with E-state index >= 15 is 4.39 Å². The first-order valence-corrected chi connectivity index (χ1v) is 12.5. The smallest absolute Gasteiger partial charge is 0.231 e. The van der Waals surface area contributed by atoms with Gasteiger partial charge in [0, 0.05) is 50.3 Å². The molecule has 11 nitrogen and oxygen atoms in total. The molecule has 0 spiro atoms. The minimum Gasteiger partial charge on any atom is -0.389 e. The molecule has 0 bridgehead atoms. The molecule has 0 saturated carbocycles. The molecule has 0 aliphatic carbocycles. The normalized spacial score (nSPS) is 20.2. The van der Waals surface area contributed by atoms with Crippen molar-refractivity contribution in [2.75, 3.05) is 31.1 Å². The van der Waals surface area contributed by atoms with E-state index in [1.165, 1.54) is 12.4 Å². The van der Waals surface area contributed by atoms with E-state index in [1.807, 2.05) is 24.0 Å². The number of fused-ring (bicyclic) bond motifs is 1. The second kappa shape index (κ2) is 10.5. The highest BCUT2D eigenvalue weighted by molar-refractivity contribution is 5.88. The third kappa shape index (κ3) is 5.10. The SMILES string of the molecule is CCN(Cc1ccc(-n2cccn2)cc1F)c1ncnc2c1ccn2C[C@@]1(O)CCN(CC(N)=O)C[C@@H]1O. The molecule has 5 rings (SSSR count). The molecule has 1 aromatic carbocycles. The van der Waals surface area contributed by atoms with Crippen molar-refractivity contribution >= 4 is 22.8 Å². The maximum Gasteiger partial charge on any atom is 0.231 e. The summed E-state index contributed by atoms with van der Waals surface area (Å²) in [6.45, 7) is 3.59. The summed E-state index contributed by atoms with van der Waals surface area (Å²) in [5.41, 5.74) is 5.64. The molecule has 3 aromatic heterocycles. The monoisotopic (exact) mass is 522 g/mol. The Morgan fingerprint density at radius 3 is 2.82 bits per heavy atom. The zero-order valence-corrected chi connectivity index (χ0v) is 21.1. The number of amides is 1. The Balaban J connectivity index is 1.36. The van der Waals surface area contributed by atoms with Gasteiger partial charge in [0.2, 0.25) is 5.91 Å². The minimum atomic E-state index is -1.39. The molecule has 1 amide bonds.